The van der Waals surface area contributed by atoms with E-state index >= 15 is 0 Å². The van der Waals surface area contributed by atoms with Gasteiger partial charge in [0.1, 0.15) is 11.5 Å². The van der Waals surface area contributed by atoms with Gasteiger partial charge >= 0.3 is 0 Å². The van der Waals surface area contributed by atoms with Gasteiger partial charge in [-0.2, -0.15) is 0 Å². The molecule has 4 amide bonds. The second-order valence-corrected chi connectivity index (χ2v) is 14.2. The van der Waals surface area contributed by atoms with Gasteiger partial charge in [-0.15, -0.1) is 0 Å². The average molecular weight is 723 g/mol. The molecule has 0 spiro atoms. The summed E-state index contributed by atoms with van der Waals surface area (Å²) in [7, 11) is 0. The van der Waals surface area contributed by atoms with Gasteiger partial charge in [-0.25, -0.2) is 0 Å². The molecule has 6 N–H and O–H groups in total. The van der Waals surface area contributed by atoms with Crippen LogP contribution in [-0.2, 0) is 22.4 Å². The topological polar surface area (TPSA) is 157 Å². The van der Waals surface area contributed by atoms with Gasteiger partial charge in [0.05, 0.1) is 11.1 Å². The van der Waals surface area contributed by atoms with E-state index in [0.29, 0.717) is 38.5 Å². The zero-order chi connectivity index (χ0) is 38.1. The van der Waals surface area contributed by atoms with Crippen molar-refractivity contribution in [1.82, 2.24) is 21.7 Å². The molecular formula is C42H66N4O6. The van der Waals surface area contributed by atoms with Crippen LogP contribution in [0.1, 0.15) is 175 Å². The zero-order valence-electron chi connectivity index (χ0n) is 32.3. The molecule has 0 aliphatic heterocycles. The van der Waals surface area contributed by atoms with Crippen molar-refractivity contribution in [2.45, 2.75) is 156 Å². The van der Waals surface area contributed by atoms with E-state index in [0.717, 1.165) is 62.5 Å². The highest BCUT2D eigenvalue weighted by molar-refractivity contribution is 5.99. The molecule has 2 aromatic carbocycles. The quantitative estimate of drug-likeness (QED) is 0.0445. The minimum absolute atomic E-state index is 0.0531. The van der Waals surface area contributed by atoms with Crippen LogP contribution in [0, 0.1) is 11.8 Å². The number of phenolic OH excluding ortho intramolecular Hbond substituents is 2. The highest BCUT2D eigenvalue weighted by Crippen LogP contribution is 2.26. The fourth-order valence-corrected chi connectivity index (χ4v) is 6.40. The Morgan fingerprint density at radius 1 is 0.519 bits per heavy atom. The number of rotatable bonds is 25. The standard InChI is InChI=1S/C42H66N4O6/c1-5-8-11-13-15-17-24-32-26-20-29-35(37(32)47)41(51)45-43-39(49)31(4)22-19-28-34(23-10-7-3)40(50)44-46-42(52)36-30-21-27-33(38(36)48)25-18-16-14-12-9-6-2/h20-21,26-27,29-31,34,47-48H,5-19,22-25,28H2,1-4H3,(H,43,49)(H,44,50)(H,45,51)(H,46,52). The maximum Gasteiger partial charge on any atom is 0.273 e. The molecule has 0 aliphatic carbocycles. The third-order valence-corrected chi connectivity index (χ3v) is 9.84. The van der Waals surface area contributed by atoms with Gasteiger partial charge in [0, 0.05) is 11.8 Å². The summed E-state index contributed by atoms with van der Waals surface area (Å²) < 4.78 is 0. The van der Waals surface area contributed by atoms with E-state index < -0.39 is 17.7 Å². The smallest absolute Gasteiger partial charge is 0.273 e. The first-order chi connectivity index (χ1) is 25.1. The van der Waals surface area contributed by atoms with E-state index in [1.54, 1.807) is 25.1 Å². The highest BCUT2D eigenvalue weighted by atomic mass is 16.3. The molecule has 0 heterocycles. The summed E-state index contributed by atoms with van der Waals surface area (Å²) in [5.74, 6) is -2.75. The molecule has 2 atom stereocenters. The number of carbonyl (C=O) groups excluding carboxylic acids is 4. The summed E-state index contributed by atoms with van der Waals surface area (Å²) in [6.45, 7) is 8.17. The summed E-state index contributed by atoms with van der Waals surface area (Å²) in [5, 5.41) is 21.5. The van der Waals surface area contributed by atoms with Crippen LogP contribution >= 0.6 is 0 Å². The molecule has 2 rings (SSSR count). The molecule has 10 nitrogen and oxygen atoms in total. The highest BCUT2D eigenvalue weighted by Gasteiger charge is 2.22. The number of carbonyl (C=O) groups is 4. The molecule has 2 unspecified atom stereocenters. The third-order valence-electron chi connectivity index (χ3n) is 9.84. The Morgan fingerprint density at radius 3 is 1.42 bits per heavy atom. The molecule has 0 saturated heterocycles. The molecule has 0 saturated carbocycles. The Morgan fingerprint density at radius 2 is 0.942 bits per heavy atom. The number of hydrogen-bond acceptors (Lipinski definition) is 6. The van der Waals surface area contributed by atoms with Crippen molar-refractivity contribution in [3.05, 3.63) is 58.7 Å². The minimum atomic E-state index is -0.584. The predicted molar refractivity (Wildman–Crippen MR) is 208 cm³/mol. The molecule has 10 heteroatoms. The predicted octanol–water partition coefficient (Wildman–Crippen LogP) is 8.74. The van der Waals surface area contributed by atoms with Gasteiger partial charge in [0.15, 0.2) is 0 Å². The fraction of sp³-hybridized carbons (Fsp3) is 0.619. The second kappa shape index (κ2) is 25.8. The number of aromatic hydroxyl groups is 2. The van der Waals surface area contributed by atoms with Gasteiger partial charge in [-0.3, -0.25) is 40.9 Å². The van der Waals surface area contributed by atoms with Crippen LogP contribution in [0.5, 0.6) is 11.5 Å². The van der Waals surface area contributed by atoms with Gasteiger partial charge < -0.3 is 10.2 Å². The molecule has 290 valence electrons. The number of benzene rings is 2. The van der Waals surface area contributed by atoms with Crippen LogP contribution < -0.4 is 21.7 Å². The number of hydrogen-bond donors (Lipinski definition) is 6. The van der Waals surface area contributed by atoms with Gasteiger partial charge in [0.25, 0.3) is 11.8 Å². The lowest BCUT2D eigenvalue weighted by Gasteiger charge is -2.19. The van der Waals surface area contributed by atoms with E-state index in [9.17, 15) is 29.4 Å². The number of nitrogens with one attached hydrogen (secondary N) is 4. The molecule has 0 fully saturated rings. The number of amides is 4. The first kappa shape index (κ1) is 44.1. The van der Waals surface area contributed by atoms with Crippen LogP contribution in [0.4, 0.5) is 0 Å². The van der Waals surface area contributed by atoms with E-state index in [1.165, 1.54) is 44.6 Å². The Bertz CT molecular complexity index is 1380. The second-order valence-electron chi connectivity index (χ2n) is 14.2. The first-order valence-corrected chi connectivity index (χ1v) is 20.0. The van der Waals surface area contributed by atoms with Crippen molar-refractivity contribution in [3.8, 4) is 11.5 Å². The van der Waals surface area contributed by atoms with E-state index in [1.807, 2.05) is 19.1 Å². The van der Waals surface area contributed by atoms with Crippen LogP contribution in [-0.4, -0.2) is 33.8 Å². The number of unbranched alkanes of at least 4 members (excludes halogenated alkanes) is 11. The monoisotopic (exact) mass is 722 g/mol. The summed E-state index contributed by atoms with van der Waals surface area (Å²) >= 11 is 0. The maximum absolute atomic E-state index is 13.1. The molecule has 0 radical (unpaired) electrons. The molecule has 0 bridgehead atoms. The summed E-state index contributed by atoms with van der Waals surface area (Å²) in [5.41, 5.74) is 11.6. The van der Waals surface area contributed by atoms with Crippen LogP contribution in [0.25, 0.3) is 0 Å². The molecule has 2 aromatic rings. The minimum Gasteiger partial charge on any atom is -0.507 e. The van der Waals surface area contributed by atoms with Crippen molar-refractivity contribution in [1.29, 1.82) is 0 Å². The Labute approximate surface area is 312 Å². The third kappa shape index (κ3) is 16.1. The Hall–Kier alpha value is -4.08. The van der Waals surface area contributed by atoms with Crippen molar-refractivity contribution >= 4 is 23.6 Å². The SMILES string of the molecule is CCCCCCCCc1cccc(C(=O)NNC(=O)C(C)CCCC(CCCC)C(=O)NNC(=O)c2cccc(CCCCCCCC)c2O)c1O. The van der Waals surface area contributed by atoms with Gasteiger partial charge in [0.2, 0.25) is 11.8 Å². The van der Waals surface area contributed by atoms with Crippen molar-refractivity contribution in [2.75, 3.05) is 0 Å². The van der Waals surface area contributed by atoms with Gasteiger partial charge in [-0.05, 0) is 68.2 Å². The molecule has 52 heavy (non-hydrogen) atoms. The van der Waals surface area contributed by atoms with Crippen molar-refractivity contribution < 1.29 is 29.4 Å². The lowest BCUT2D eigenvalue weighted by atomic mass is 9.92. The van der Waals surface area contributed by atoms with E-state index in [4.69, 9.17) is 0 Å². The summed E-state index contributed by atoms with van der Waals surface area (Å²) in [6.07, 6.45) is 18.9. The van der Waals surface area contributed by atoms with Crippen molar-refractivity contribution in [2.24, 2.45) is 11.8 Å². The van der Waals surface area contributed by atoms with Crippen LogP contribution in [0.15, 0.2) is 36.4 Å². The first-order valence-electron chi connectivity index (χ1n) is 20.0. The van der Waals surface area contributed by atoms with Gasteiger partial charge in [-0.1, -0.05) is 135 Å². The molecule has 0 aliphatic rings. The van der Waals surface area contributed by atoms with Crippen LogP contribution in [0.2, 0.25) is 0 Å². The summed E-state index contributed by atoms with van der Waals surface area (Å²) in [4.78, 5) is 51.7. The van der Waals surface area contributed by atoms with E-state index in [-0.39, 0.29) is 40.4 Å². The van der Waals surface area contributed by atoms with Crippen LogP contribution in [0.3, 0.4) is 0 Å². The Kier molecular flexibility index (Phi) is 21.9. The Balaban J connectivity index is 1.82. The zero-order valence-corrected chi connectivity index (χ0v) is 32.3. The summed E-state index contributed by atoms with van der Waals surface area (Å²) in [6, 6.07) is 10.2. The number of para-hydroxylation sites is 2. The average Bonchev–Trinajstić information content (AvgIpc) is 3.14. The van der Waals surface area contributed by atoms with E-state index in [2.05, 4.69) is 35.6 Å². The molecular weight excluding hydrogens is 656 g/mol. The number of phenols is 2. The normalized spacial score (nSPS) is 12.2. The fourth-order valence-electron chi connectivity index (χ4n) is 6.40. The lowest BCUT2D eigenvalue weighted by molar-refractivity contribution is -0.126. The number of hydrazine groups is 2. The molecule has 0 aromatic heterocycles. The van der Waals surface area contributed by atoms with Crippen molar-refractivity contribution in [3.63, 3.8) is 0 Å². The maximum atomic E-state index is 13.1. The number of aryl methyl sites for hydroxylation is 2. The lowest BCUT2D eigenvalue weighted by Crippen LogP contribution is -2.45. The largest absolute Gasteiger partial charge is 0.507 e.